The maximum absolute atomic E-state index is 10.4. The fraction of sp³-hybridized carbons (Fsp3) is 0.429. The van der Waals surface area contributed by atoms with Crippen molar-refractivity contribution in [3.05, 3.63) is 0 Å². The zero-order chi connectivity index (χ0) is 10.3. The van der Waals surface area contributed by atoms with Gasteiger partial charge in [-0.25, -0.2) is 4.79 Å². The lowest BCUT2D eigenvalue weighted by Gasteiger charge is -2.08. The smallest absolute Gasteiger partial charge is 0.341 e. The van der Waals surface area contributed by atoms with Crippen molar-refractivity contribution in [3.8, 4) is 12.5 Å². The van der Waals surface area contributed by atoms with Crippen molar-refractivity contribution >= 4 is 11.9 Å². The number of carboxylic acid groups (broad SMARTS) is 1. The summed E-state index contributed by atoms with van der Waals surface area (Å²) in [7, 11) is 0. The van der Waals surface area contributed by atoms with Crippen LogP contribution >= 0.6 is 0 Å². The van der Waals surface area contributed by atoms with Gasteiger partial charge in [0.2, 0.25) is 6.10 Å². The van der Waals surface area contributed by atoms with Crippen LogP contribution in [0, 0.1) is 12.5 Å². The number of carboxylic acids is 1. The predicted molar refractivity (Wildman–Crippen MR) is 39.1 cm³/mol. The summed E-state index contributed by atoms with van der Waals surface area (Å²) in [5, 5.41) is 8.45. The topological polar surface area (TPSA) is 82.1 Å². The van der Waals surface area contributed by atoms with Gasteiger partial charge in [0.05, 0.1) is 0 Å². The number of terminal acetylenes is 1. The molecule has 0 spiro atoms. The maximum Gasteiger partial charge on any atom is 0.341 e. The Kier molecular flexibility index (Phi) is 5.07. The molecular formula is C7H8O6. The summed E-state index contributed by atoms with van der Waals surface area (Å²) in [6, 6.07) is 0. The van der Waals surface area contributed by atoms with E-state index in [9.17, 15) is 9.59 Å². The Labute approximate surface area is 74.3 Å². The number of ether oxygens (including phenoxy) is 1. The summed E-state index contributed by atoms with van der Waals surface area (Å²) in [6.45, 7) is 0.688. The predicted octanol–water partition coefficient (Wildman–Crippen LogP) is -0.458. The van der Waals surface area contributed by atoms with Crippen LogP contribution in [0.1, 0.15) is 6.92 Å². The Morgan fingerprint density at radius 2 is 2.23 bits per heavy atom. The highest BCUT2D eigenvalue weighted by atomic mass is 17.2. The number of aliphatic carboxylic acids is 1. The summed E-state index contributed by atoms with van der Waals surface area (Å²) in [5.74, 6) is -1.95. The van der Waals surface area contributed by atoms with Crippen LogP contribution < -0.4 is 0 Å². The molecule has 0 rings (SSSR count). The van der Waals surface area contributed by atoms with Crippen molar-refractivity contribution < 1.29 is 29.2 Å². The summed E-state index contributed by atoms with van der Waals surface area (Å²) in [5.41, 5.74) is 0. The molecule has 6 heteroatoms. The van der Waals surface area contributed by atoms with Gasteiger partial charge in [-0.3, -0.25) is 9.68 Å². The quantitative estimate of drug-likeness (QED) is 0.272. The molecule has 0 aliphatic heterocycles. The van der Waals surface area contributed by atoms with Gasteiger partial charge >= 0.3 is 11.9 Å². The molecular weight excluding hydrogens is 180 g/mol. The second-order valence-electron chi connectivity index (χ2n) is 1.93. The summed E-state index contributed by atoms with van der Waals surface area (Å²) in [4.78, 5) is 28.8. The molecule has 72 valence electrons. The molecule has 0 bridgehead atoms. The van der Waals surface area contributed by atoms with Gasteiger partial charge in [0.15, 0.2) is 6.11 Å². The highest BCUT2D eigenvalue weighted by Gasteiger charge is 2.21. The molecule has 0 saturated carbocycles. The monoisotopic (exact) mass is 188 g/mol. The summed E-state index contributed by atoms with van der Waals surface area (Å²) in [6.07, 6.45) is 4.83. The third-order valence-corrected chi connectivity index (χ3v) is 0.926. The van der Waals surface area contributed by atoms with Crippen LogP contribution in [-0.2, 0) is 24.1 Å². The highest BCUT2D eigenvalue weighted by Crippen LogP contribution is 1.95. The largest absolute Gasteiger partial charge is 0.479 e. The molecule has 1 N–H and O–H groups in total. The second kappa shape index (κ2) is 5.85. The van der Waals surface area contributed by atoms with Crippen LogP contribution in [0.25, 0.3) is 0 Å². The number of rotatable bonds is 5. The van der Waals surface area contributed by atoms with Crippen LogP contribution in [0.2, 0.25) is 0 Å². The van der Waals surface area contributed by atoms with Crippen LogP contribution in [0.3, 0.4) is 0 Å². The van der Waals surface area contributed by atoms with Crippen molar-refractivity contribution in [2.45, 2.75) is 13.0 Å². The number of carbonyl (C=O) groups is 2. The van der Waals surface area contributed by atoms with Crippen molar-refractivity contribution in [2.75, 3.05) is 6.61 Å². The van der Waals surface area contributed by atoms with E-state index in [2.05, 4.69) is 20.9 Å². The molecule has 0 aliphatic rings. The molecule has 1 unspecified atom stereocenters. The number of esters is 1. The Hall–Kier alpha value is -1.74. The van der Waals surface area contributed by atoms with Gasteiger partial charge in [0, 0.05) is 6.92 Å². The third-order valence-electron chi connectivity index (χ3n) is 0.926. The van der Waals surface area contributed by atoms with E-state index in [1.165, 1.54) is 0 Å². The van der Waals surface area contributed by atoms with Crippen molar-refractivity contribution in [1.82, 2.24) is 0 Å². The van der Waals surface area contributed by atoms with E-state index in [4.69, 9.17) is 5.11 Å². The second-order valence-corrected chi connectivity index (χ2v) is 1.93. The fourth-order valence-electron chi connectivity index (χ4n) is 0.419. The van der Waals surface area contributed by atoms with Gasteiger partial charge in [-0.2, -0.15) is 4.89 Å². The van der Waals surface area contributed by atoms with Crippen molar-refractivity contribution in [3.63, 3.8) is 0 Å². The molecule has 1 atom stereocenters. The first-order chi connectivity index (χ1) is 6.07. The molecule has 0 aromatic heterocycles. The van der Waals surface area contributed by atoms with Crippen LogP contribution in [-0.4, -0.2) is 29.8 Å². The minimum Gasteiger partial charge on any atom is -0.479 e. The molecule has 0 aromatic rings. The summed E-state index contributed by atoms with van der Waals surface area (Å²) < 4.78 is 4.37. The average Bonchev–Trinajstić information content (AvgIpc) is 2.03. The van der Waals surface area contributed by atoms with E-state index in [1.54, 1.807) is 6.11 Å². The van der Waals surface area contributed by atoms with E-state index in [-0.39, 0.29) is 0 Å². The molecule has 0 saturated heterocycles. The fourth-order valence-corrected chi connectivity index (χ4v) is 0.419. The van der Waals surface area contributed by atoms with Crippen molar-refractivity contribution in [2.24, 2.45) is 0 Å². The average molecular weight is 188 g/mol. The first-order valence-corrected chi connectivity index (χ1v) is 3.22. The lowest BCUT2D eigenvalue weighted by Crippen LogP contribution is -2.29. The zero-order valence-electron chi connectivity index (χ0n) is 6.85. The van der Waals surface area contributed by atoms with E-state index in [0.29, 0.717) is 0 Å². The summed E-state index contributed by atoms with van der Waals surface area (Å²) >= 11 is 0. The van der Waals surface area contributed by atoms with E-state index >= 15 is 0 Å². The molecule has 0 aliphatic carbocycles. The molecule has 0 heterocycles. The first kappa shape index (κ1) is 11.3. The molecule has 0 aromatic carbocycles. The maximum atomic E-state index is 10.4. The molecule has 6 nitrogen and oxygen atoms in total. The van der Waals surface area contributed by atoms with Crippen molar-refractivity contribution in [1.29, 1.82) is 0 Å². The standard InChI is InChI=1S/C7H8O6/c1-3-12-13-6(7(9)10)4-11-5(2)8/h1,6H,4H2,2H3,(H,9,10). The molecule has 0 radical (unpaired) electrons. The number of carbonyl (C=O) groups excluding carboxylic acids is 1. The normalized spacial score (nSPS) is 11.1. The Morgan fingerprint density at radius 1 is 1.62 bits per heavy atom. The lowest BCUT2D eigenvalue weighted by atomic mass is 10.4. The van der Waals surface area contributed by atoms with Gasteiger partial charge in [-0.05, 0) is 0 Å². The van der Waals surface area contributed by atoms with Crippen LogP contribution in [0.15, 0.2) is 0 Å². The Morgan fingerprint density at radius 3 is 2.62 bits per heavy atom. The molecule has 13 heavy (non-hydrogen) atoms. The zero-order valence-corrected chi connectivity index (χ0v) is 6.85. The third kappa shape index (κ3) is 5.52. The molecule has 0 fully saturated rings. The number of hydrogen-bond acceptors (Lipinski definition) is 5. The Bertz CT molecular complexity index is 228. The highest BCUT2D eigenvalue weighted by molar-refractivity contribution is 5.73. The lowest BCUT2D eigenvalue weighted by molar-refractivity contribution is -0.277. The minimum absolute atomic E-state index is 0.452. The molecule has 0 amide bonds. The van der Waals surface area contributed by atoms with Crippen LogP contribution in [0.5, 0.6) is 0 Å². The SMILES string of the molecule is C#COOC(COC(C)=O)C(=O)O. The van der Waals surface area contributed by atoms with Gasteiger partial charge < -0.3 is 9.84 Å². The Balaban J connectivity index is 3.89. The first-order valence-electron chi connectivity index (χ1n) is 3.22. The van der Waals surface area contributed by atoms with Gasteiger partial charge in [0.25, 0.3) is 0 Å². The van der Waals surface area contributed by atoms with E-state index in [1.807, 2.05) is 0 Å². The van der Waals surface area contributed by atoms with Crippen LogP contribution in [0.4, 0.5) is 0 Å². The van der Waals surface area contributed by atoms with Gasteiger partial charge in [0.1, 0.15) is 6.61 Å². The van der Waals surface area contributed by atoms with Gasteiger partial charge in [-0.15, -0.1) is 0 Å². The van der Waals surface area contributed by atoms with Gasteiger partial charge in [-0.1, -0.05) is 6.42 Å². The van der Waals surface area contributed by atoms with E-state index < -0.39 is 24.6 Å². The minimum atomic E-state index is -1.42. The van der Waals surface area contributed by atoms with E-state index in [0.717, 1.165) is 6.92 Å². The number of hydrogen-bond donors (Lipinski definition) is 1.